The molecule has 0 aromatic rings. The lowest BCUT2D eigenvalue weighted by molar-refractivity contribution is -0.277. The van der Waals surface area contributed by atoms with E-state index in [2.05, 4.69) is 16.0 Å². The van der Waals surface area contributed by atoms with Gasteiger partial charge in [0, 0.05) is 15.7 Å². The van der Waals surface area contributed by atoms with E-state index in [1.165, 1.54) is 0 Å². The molecule has 0 amide bonds. The Morgan fingerprint density at radius 2 is 1.63 bits per heavy atom. The van der Waals surface area contributed by atoms with Crippen molar-refractivity contribution in [2.45, 2.75) is 38.6 Å². The summed E-state index contributed by atoms with van der Waals surface area (Å²) in [4.78, 5) is 19.1. The fourth-order valence-corrected chi connectivity index (χ4v) is 2.23. The molecular formula is C9H21NO7P2+2. The largest absolute Gasteiger partial charge is 0.700 e. The van der Waals surface area contributed by atoms with Crippen LogP contribution in [0.4, 0.5) is 0 Å². The van der Waals surface area contributed by atoms with E-state index >= 15 is 0 Å². The molecule has 0 saturated carbocycles. The molecule has 0 saturated heterocycles. The van der Waals surface area contributed by atoms with Crippen molar-refractivity contribution in [3.63, 3.8) is 0 Å². The topological polar surface area (TPSA) is 117 Å². The van der Waals surface area contributed by atoms with Crippen molar-refractivity contribution in [3.8, 4) is 0 Å². The molecule has 19 heavy (non-hydrogen) atoms. The molecular weight excluding hydrogens is 296 g/mol. The number of aliphatic hydroxyl groups is 1. The first-order valence-electron chi connectivity index (χ1n) is 5.90. The van der Waals surface area contributed by atoms with Gasteiger partial charge in [-0.25, -0.2) is 0 Å². The summed E-state index contributed by atoms with van der Waals surface area (Å²) in [6, 6.07) is 0. The first kappa shape index (κ1) is 19.0. The van der Waals surface area contributed by atoms with Crippen LogP contribution in [0.2, 0.25) is 0 Å². The van der Waals surface area contributed by atoms with Crippen molar-refractivity contribution < 1.29 is 33.1 Å². The van der Waals surface area contributed by atoms with Crippen LogP contribution in [0.5, 0.6) is 0 Å². The van der Waals surface area contributed by atoms with Crippen LogP contribution in [0.15, 0.2) is 0 Å². The Bertz CT molecular complexity index is 286. The Labute approximate surface area is 114 Å². The maximum absolute atomic E-state index is 10.5. The Balaban J connectivity index is 4.24. The number of unbranched alkanes of at least 4 members (excludes halogenated alkanes) is 2. The molecule has 0 fully saturated rings. The number of hydrogen-bond acceptors (Lipinski definition) is 6. The zero-order chi connectivity index (χ0) is 14.9. The lowest BCUT2D eigenvalue weighted by atomic mass is 10.2. The standard InChI is InChI=1S/C9H19NO7P2/c1-3-4-5-7-10(2)8-6-9(11,16-18(12)13)17-19(14)15/h11H,3-8H2,1-2H3/p+2. The van der Waals surface area contributed by atoms with Gasteiger partial charge >= 0.3 is 22.5 Å². The van der Waals surface area contributed by atoms with Gasteiger partial charge in [0.2, 0.25) is 0 Å². The Hall–Kier alpha value is -0.0400. The average Bonchev–Trinajstić information content (AvgIpc) is 2.24. The van der Waals surface area contributed by atoms with Gasteiger partial charge in [0.1, 0.15) is 0 Å². The summed E-state index contributed by atoms with van der Waals surface area (Å²) < 4.78 is 29.6. The zero-order valence-electron chi connectivity index (χ0n) is 11.1. The van der Waals surface area contributed by atoms with E-state index in [4.69, 9.17) is 9.79 Å². The van der Waals surface area contributed by atoms with Crippen LogP contribution in [0.1, 0.15) is 32.6 Å². The Kier molecular flexibility index (Phi) is 9.78. The van der Waals surface area contributed by atoms with Crippen LogP contribution >= 0.6 is 16.5 Å². The normalized spacial score (nSPS) is 16.3. The van der Waals surface area contributed by atoms with Gasteiger partial charge in [0.05, 0.1) is 6.42 Å². The van der Waals surface area contributed by atoms with E-state index in [1.807, 2.05) is 4.90 Å². The zero-order valence-corrected chi connectivity index (χ0v) is 12.8. The van der Waals surface area contributed by atoms with Gasteiger partial charge in [-0.2, -0.15) is 0 Å². The predicted octanol–water partition coefficient (Wildman–Crippen LogP) is 1.48. The van der Waals surface area contributed by atoms with Gasteiger partial charge in [0.25, 0.3) is 0 Å². The highest BCUT2D eigenvalue weighted by Gasteiger charge is 2.47. The average molecular weight is 317 g/mol. The Morgan fingerprint density at radius 1 is 1.11 bits per heavy atom. The highest BCUT2D eigenvalue weighted by Crippen LogP contribution is 2.34. The SMILES string of the molecule is CCCCCN(C)CCC(O)(O[P+](=O)O)O[P+](=O)O. The van der Waals surface area contributed by atoms with Gasteiger partial charge < -0.3 is 10.0 Å². The predicted molar refractivity (Wildman–Crippen MR) is 68.4 cm³/mol. The molecule has 0 heterocycles. The smallest absolute Gasteiger partial charge is 0.337 e. The van der Waals surface area contributed by atoms with Gasteiger partial charge in [-0.15, -0.1) is 9.79 Å². The summed E-state index contributed by atoms with van der Waals surface area (Å²) in [6.45, 7) is 3.14. The molecule has 0 bridgehead atoms. The summed E-state index contributed by atoms with van der Waals surface area (Å²) in [5.41, 5.74) is 0. The van der Waals surface area contributed by atoms with E-state index in [1.54, 1.807) is 7.05 Å². The second-order valence-corrected chi connectivity index (χ2v) is 5.45. The minimum absolute atomic E-state index is 0.223. The molecule has 0 radical (unpaired) electrons. The molecule has 0 aliphatic heterocycles. The van der Waals surface area contributed by atoms with Crippen molar-refractivity contribution >= 4 is 16.5 Å². The molecule has 0 spiro atoms. The van der Waals surface area contributed by atoms with E-state index < -0.39 is 22.5 Å². The molecule has 8 nitrogen and oxygen atoms in total. The fraction of sp³-hybridized carbons (Fsp3) is 1.00. The highest BCUT2D eigenvalue weighted by molar-refractivity contribution is 7.33. The van der Waals surface area contributed by atoms with Crippen LogP contribution < -0.4 is 0 Å². The number of rotatable bonds is 11. The van der Waals surface area contributed by atoms with Crippen molar-refractivity contribution in [2.24, 2.45) is 0 Å². The van der Waals surface area contributed by atoms with Crippen LogP contribution in [0, 0.1) is 0 Å². The molecule has 0 aliphatic rings. The third kappa shape index (κ3) is 10.4. The molecule has 10 heteroatoms. The van der Waals surface area contributed by atoms with Crippen LogP contribution in [0.25, 0.3) is 0 Å². The second kappa shape index (κ2) is 9.80. The lowest BCUT2D eigenvalue weighted by Crippen LogP contribution is -2.36. The van der Waals surface area contributed by atoms with Crippen LogP contribution in [-0.2, 0) is 18.2 Å². The van der Waals surface area contributed by atoms with Gasteiger partial charge in [-0.3, -0.25) is 0 Å². The first-order chi connectivity index (χ1) is 8.79. The summed E-state index contributed by atoms with van der Waals surface area (Å²) in [5.74, 6) is -2.54. The van der Waals surface area contributed by atoms with E-state index in [9.17, 15) is 14.2 Å². The number of hydrogen-bond donors (Lipinski definition) is 3. The number of nitrogens with zero attached hydrogens (tertiary/aromatic N) is 1. The quantitative estimate of drug-likeness (QED) is 0.298. The molecule has 112 valence electrons. The van der Waals surface area contributed by atoms with E-state index in [0.717, 1.165) is 25.8 Å². The molecule has 3 N–H and O–H groups in total. The third-order valence-electron chi connectivity index (χ3n) is 2.39. The minimum Gasteiger partial charge on any atom is -0.337 e. The Morgan fingerprint density at radius 3 is 2.05 bits per heavy atom. The molecule has 0 aliphatic carbocycles. The van der Waals surface area contributed by atoms with Crippen molar-refractivity contribution in [1.29, 1.82) is 0 Å². The van der Waals surface area contributed by atoms with Crippen LogP contribution in [-0.4, -0.2) is 45.9 Å². The second-order valence-electron chi connectivity index (χ2n) is 4.13. The van der Waals surface area contributed by atoms with Crippen molar-refractivity contribution in [1.82, 2.24) is 4.90 Å². The highest BCUT2D eigenvalue weighted by atomic mass is 31.1. The third-order valence-corrected chi connectivity index (χ3v) is 3.28. The first-order valence-corrected chi connectivity index (χ1v) is 8.16. The van der Waals surface area contributed by atoms with Crippen molar-refractivity contribution in [2.75, 3.05) is 20.1 Å². The minimum atomic E-state index is -3.15. The van der Waals surface area contributed by atoms with Gasteiger partial charge in [-0.05, 0) is 29.1 Å². The van der Waals surface area contributed by atoms with Gasteiger partial charge in [-0.1, -0.05) is 19.8 Å². The van der Waals surface area contributed by atoms with E-state index in [0.29, 0.717) is 0 Å². The molecule has 2 atom stereocenters. The molecule has 0 aromatic heterocycles. The monoisotopic (exact) mass is 317 g/mol. The maximum atomic E-state index is 10.5. The molecule has 2 unspecified atom stereocenters. The summed E-state index contributed by atoms with van der Waals surface area (Å²) in [7, 11) is -4.49. The molecule has 0 aromatic carbocycles. The summed E-state index contributed by atoms with van der Waals surface area (Å²) in [5, 5.41) is 9.71. The summed E-state index contributed by atoms with van der Waals surface area (Å²) >= 11 is 0. The van der Waals surface area contributed by atoms with Crippen molar-refractivity contribution in [3.05, 3.63) is 0 Å². The van der Waals surface area contributed by atoms with Gasteiger partial charge in [0.15, 0.2) is 0 Å². The summed E-state index contributed by atoms with van der Waals surface area (Å²) in [6.07, 6.45) is 2.92. The molecule has 0 rings (SSSR count). The maximum Gasteiger partial charge on any atom is 0.700 e. The van der Waals surface area contributed by atoms with E-state index in [-0.39, 0.29) is 13.0 Å². The van der Waals surface area contributed by atoms with Crippen LogP contribution in [0.3, 0.4) is 0 Å². The lowest BCUT2D eigenvalue weighted by Gasteiger charge is -2.20. The fourth-order valence-electron chi connectivity index (χ4n) is 1.43.